The van der Waals surface area contributed by atoms with Gasteiger partial charge in [0.25, 0.3) is 5.91 Å². The van der Waals surface area contributed by atoms with Crippen LogP contribution in [-0.4, -0.2) is 35.9 Å². The number of amides is 2. The van der Waals surface area contributed by atoms with Crippen molar-refractivity contribution in [3.05, 3.63) is 98.6 Å². The molecule has 3 rings (SSSR count). The number of halogens is 2. The molecule has 2 amide bonds. The minimum Gasteiger partial charge on any atom is -0.484 e. The highest BCUT2D eigenvalue weighted by molar-refractivity contribution is 14.1. The van der Waals surface area contributed by atoms with Crippen molar-refractivity contribution in [3.8, 4) is 5.75 Å². The van der Waals surface area contributed by atoms with Crippen molar-refractivity contribution in [2.24, 2.45) is 0 Å². The molecule has 5 nitrogen and oxygen atoms in total. The summed E-state index contributed by atoms with van der Waals surface area (Å²) in [5.41, 5.74) is 1.82. The first-order valence-corrected chi connectivity index (χ1v) is 13.2. The second-order valence-corrected chi connectivity index (χ2v) is 9.93. The van der Waals surface area contributed by atoms with Crippen LogP contribution in [0.15, 0.2) is 78.9 Å². The van der Waals surface area contributed by atoms with Crippen molar-refractivity contribution < 1.29 is 14.3 Å². The highest BCUT2D eigenvalue weighted by atomic mass is 127. The van der Waals surface area contributed by atoms with Gasteiger partial charge in [-0.2, -0.15) is 0 Å². The Labute approximate surface area is 226 Å². The molecule has 0 fully saturated rings. The van der Waals surface area contributed by atoms with Crippen LogP contribution < -0.4 is 10.1 Å². The van der Waals surface area contributed by atoms with E-state index >= 15 is 0 Å². The topological polar surface area (TPSA) is 58.6 Å². The lowest BCUT2D eigenvalue weighted by Crippen LogP contribution is -2.51. The van der Waals surface area contributed by atoms with Gasteiger partial charge >= 0.3 is 0 Å². The molecule has 0 bridgehead atoms. The van der Waals surface area contributed by atoms with E-state index in [0.29, 0.717) is 23.7 Å². The van der Waals surface area contributed by atoms with Crippen molar-refractivity contribution in [2.45, 2.75) is 38.8 Å². The first kappa shape index (κ1) is 27.0. The Morgan fingerprint density at radius 2 is 1.71 bits per heavy atom. The first-order valence-electron chi connectivity index (χ1n) is 11.7. The molecule has 0 aliphatic carbocycles. The van der Waals surface area contributed by atoms with Crippen LogP contribution in [0.4, 0.5) is 0 Å². The number of ether oxygens (including phenoxy) is 1. The number of rotatable bonds is 12. The molecule has 3 aromatic carbocycles. The molecule has 35 heavy (non-hydrogen) atoms. The predicted molar refractivity (Wildman–Crippen MR) is 149 cm³/mol. The molecule has 7 heteroatoms. The van der Waals surface area contributed by atoms with E-state index in [0.717, 1.165) is 27.5 Å². The lowest BCUT2D eigenvalue weighted by molar-refractivity contribution is -0.142. The van der Waals surface area contributed by atoms with Gasteiger partial charge in [0.15, 0.2) is 6.61 Å². The fourth-order valence-electron chi connectivity index (χ4n) is 3.65. The third kappa shape index (κ3) is 8.85. The van der Waals surface area contributed by atoms with Crippen LogP contribution in [-0.2, 0) is 22.6 Å². The van der Waals surface area contributed by atoms with Crippen LogP contribution in [0.1, 0.15) is 30.9 Å². The maximum atomic E-state index is 13.5. The Bertz CT molecular complexity index is 1090. The number of nitrogens with zero attached hydrogens (tertiary/aromatic N) is 1. The van der Waals surface area contributed by atoms with E-state index in [1.165, 1.54) is 0 Å². The summed E-state index contributed by atoms with van der Waals surface area (Å²) in [6.07, 6.45) is 2.25. The van der Waals surface area contributed by atoms with E-state index in [1.807, 2.05) is 72.8 Å². The molecule has 0 saturated heterocycles. The highest BCUT2D eigenvalue weighted by Gasteiger charge is 2.30. The molecule has 0 aromatic heterocycles. The zero-order valence-corrected chi connectivity index (χ0v) is 22.7. The molecular formula is C28H30ClIN2O3. The summed E-state index contributed by atoms with van der Waals surface area (Å²) in [6, 6.07) is 23.9. The normalized spacial score (nSPS) is 11.5. The largest absolute Gasteiger partial charge is 0.484 e. The molecule has 0 aliphatic rings. The predicted octanol–water partition coefficient (Wildman–Crippen LogP) is 5.88. The maximum absolute atomic E-state index is 13.5. The van der Waals surface area contributed by atoms with Crippen molar-refractivity contribution >= 4 is 46.0 Å². The Morgan fingerprint density at radius 3 is 2.40 bits per heavy atom. The van der Waals surface area contributed by atoms with Crippen molar-refractivity contribution in [3.63, 3.8) is 0 Å². The van der Waals surface area contributed by atoms with Gasteiger partial charge < -0.3 is 15.0 Å². The maximum Gasteiger partial charge on any atom is 0.261 e. The van der Waals surface area contributed by atoms with E-state index < -0.39 is 6.04 Å². The minimum absolute atomic E-state index is 0.172. The van der Waals surface area contributed by atoms with Gasteiger partial charge in [-0.25, -0.2) is 0 Å². The van der Waals surface area contributed by atoms with Crippen LogP contribution in [0.5, 0.6) is 5.75 Å². The Hall–Kier alpha value is -2.58. The van der Waals surface area contributed by atoms with Gasteiger partial charge in [0, 0.05) is 28.1 Å². The number of nitrogens with one attached hydrogen (secondary N) is 1. The summed E-state index contributed by atoms with van der Waals surface area (Å²) in [4.78, 5) is 28.5. The molecule has 0 unspecified atom stereocenters. The zero-order valence-electron chi connectivity index (χ0n) is 19.8. The van der Waals surface area contributed by atoms with Crippen molar-refractivity contribution in [1.82, 2.24) is 10.2 Å². The summed E-state index contributed by atoms with van der Waals surface area (Å²) in [6.45, 7) is 2.71. The number of benzene rings is 3. The Kier molecular flexibility index (Phi) is 10.9. The van der Waals surface area contributed by atoms with Crippen LogP contribution in [0.2, 0.25) is 5.02 Å². The van der Waals surface area contributed by atoms with Gasteiger partial charge in [0.05, 0.1) is 0 Å². The molecule has 0 radical (unpaired) electrons. The third-order valence-corrected chi connectivity index (χ3v) is 6.47. The van der Waals surface area contributed by atoms with Crippen LogP contribution >= 0.6 is 34.2 Å². The van der Waals surface area contributed by atoms with Crippen LogP contribution in [0.3, 0.4) is 0 Å². The van der Waals surface area contributed by atoms with Crippen molar-refractivity contribution in [1.29, 1.82) is 0 Å². The molecule has 0 spiro atoms. The lowest BCUT2D eigenvalue weighted by Gasteiger charge is -2.31. The van der Waals surface area contributed by atoms with Gasteiger partial charge in [0.2, 0.25) is 5.91 Å². The molecule has 0 aliphatic heterocycles. The number of carbonyl (C=O) groups is 2. The molecule has 184 valence electrons. The molecule has 1 N–H and O–H groups in total. The second-order valence-electron chi connectivity index (χ2n) is 8.24. The van der Waals surface area contributed by atoms with E-state index in [9.17, 15) is 9.59 Å². The number of hydrogen-bond donors (Lipinski definition) is 1. The summed E-state index contributed by atoms with van der Waals surface area (Å²) >= 11 is 8.43. The summed E-state index contributed by atoms with van der Waals surface area (Å²) in [7, 11) is 0. The van der Waals surface area contributed by atoms with Gasteiger partial charge in [-0.05, 0) is 76.5 Å². The van der Waals surface area contributed by atoms with E-state index in [2.05, 4.69) is 34.8 Å². The summed E-state index contributed by atoms with van der Waals surface area (Å²) in [5.74, 6) is 0.163. The van der Waals surface area contributed by atoms with Gasteiger partial charge in [-0.3, -0.25) is 9.59 Å². The number of carbonyl (C=O) groups excluding carboxylic acids is 2. The molecule has 3 aromatic rings. The van der Waals surface area contributed by atoms with Crippen LogP contribution in [0.25, 0.3) is 0 Å². The third-order valence-electron chi connectivity index (χ3n) is 5.52. The molecular weight excluding hydrogens is 575 g/mol. The molecule has 1 atom stereocenters. The summed E-state index contributed by atoms with van der Waals surface area (Å²) < 4.78 is 6.87. The van der Waals surface area contributed by atoms with Gasteiger partial charge in [-0.1, -0.05) is 67.4 Å². The number of hydrogen-bond acceptors (Lipinski definition) is 3. The smallest absolute Gasteiger partial charge is 0.261 e. The van der Waals surface area contributed by atoms with Crippen LogP contribution in [0, 0.1) is 3.57 Å². The molecule has 0 heterocycles. The minimum atomic E-state index is -0.693. The van der Waals surface area contributed by atoms with E-state index in [1.54, 1.807) is 11.0 Å². The Balaban J connectivity index is 1.87. The monoisotopic (exact) mass is 604 g/mol. The van der Waals surface area contributed by atoms with E-state index in [-0.39, 0.29) is 25.0 Å². The standard InChI is InChI=1S/C28H30ClIN2O3/c1-2-3-16-31-28(34)26(18-21-8-5-4-6-9-21)32(19-22-10-7-11-23(29)17-22)27(33)20-35-25-14-12-24(30)13-15-25/h4-15,17,26H,2-3,16,18-20H2,1H3,(H,31,34)/t26-/m0/s1. The fraction of sp³-hybridized carbons (Fsp3) is 0.286. The average molecular weight is 605 g/mol. The summed E-state index contributed by atoms with van der Waals surface area (Å²) in [5, 5.41) is 3.60. The van der Waals surface area contributed by atoms with Gasteiger partial charge in [0.1, 0.15) is 11.8 Å². The van der Waals surface area contributed by atoms with Crippen molar-refractivity contribution in [2.75, 3.05) is 13.2 Å². The Morgan fingerprint density at radius 1 is 1.00 bits per heavy atom. The number of unbranched alkanes of at least 4 members (excludes halogenated alkanes) is 1. The highest BCUT2D eigenvalue weighted by Crippen LogP contribution is 2.19. The first-order chi connectivity index (χ1) is 17.0. The fourth-order valence-corrected chi connectivity index (χ4v) is 4.22. The van der Waals surface area contributed by atoms with E-state index in [4.69, 9.17) is 16.3 Å². The quantitative estimate of drug-likeness (QED) is 0.208. The second kappa shape index (κ2) is 14.1. The average Bonchev–Trinajstić information content (AvgIpc) is 2.86. The molecule has 0 saturated carbocycles. The zero-order chi connectivity index (χ0) is 25.0. The van der Waals surface area contributed by atoms with Gasteiger partial charge in [-0.15, -0.1) is 0 Å². The lowest BCUT2D eigenvalue weighted by atomic mass is 10.0. The SMILES string of the molecule is CCCCNC(=O)[C@H](Cc1ccccc1)N(Cc1cccc(Cl)c1)C(=O)COc1ccc(I)cc1.